The Balaban J connectivity index is 2.00. The first-order valence-electron chi connectivity index (χ1n) is 9.88. The lowest BCUT2D eigenvalue weighted by Gasteiger charge is -2.15. The van der Waals surface area contributed by atoms with Crippen LogP contribution in [0, 0.1) is 0 Å². The van der Waals surface area contributed by atoms with Crippen molar-refractivity contribution in [2.75, 3.05) is 44.5 Å². The van der Waals surface area contributed by atoms with E-state index in [1.165, 1.54) is 7.11 Å². The van der Waals surface area contributed by atoms with E-state index in [1.807, 2.05) is 6.07 Å². The molecule has 3 aromatic carbocycles. The van der Waals surface area contributed by atoms with Crippen LogP contribution < -0.4 is 30.0 Å². The van der Waals surface area contributed by atoms with Gasteiger partial charge in [0.2, 0.25) is 0 Å². The summed E-state index contributed by atoms with van der Waals surface area (Å²) in [4.78, 5) is 0.0135. The minimum absolute atomic E-state index is 0.0135. The fourth-order valence-electron chi connectivity index (χ4n) is 3.16. The van der Waals surface area contributed by atoms with Crippen molar-refractivity contribution in [2.24, 2.45) is 5.73 Å². The molecule has 4 N–H and O–H groups in total. The fourth-order valence-corrected chi connectivity index (χ4v) is 4.41. The number of rotatable bonds is 10. The van der Waals surface area contributed by atoms with E-state index >= 15 is 0 Å². The van der Waals surface area contributed by atoms with Crippen LogP contribution in [0.25, 0.3) is 11.1 Å². The summed E-state index contributed by atoms with van der Waals surface area (Å²) in [6.07, 6.45) is 0. The van der Waals surface area contributed by atoms with Gasteiger partial charge in [-0.2, -0.15) is 0 Å². The molecule has 9 heteroatoms. The monoisotopic (exact) mass is 457 g/mol. The van der Waals surface area contributed by atoms with Crippen LogP contribution in [-0.2, 0) is 10.0 Å². The van der Waals surface area contributed by atoms with Gasteiger partial charge in [0.05, 0.1) is 27.0 Å². The van der Waals surface area contributed by atoms with Crippen LogP contribution in [0.5, 0.6) is 17.2 Å². The third-order valence-electron chi connectivity index (χ3n) is 4.73. The van der Waals surface area contributed by atoms with Crippen LogP contribution in [-0.4, -0.2) is 42.8 Å². The summed E-state index contributed by atoms with van der Waals surface area (Å²) in [5.41, 5.74) is 8.11. The largest absolute Gasteiger partial charge is 0.497 e. The fraction of sp³-hybridized carbons (Fsp3) is 0.217. The lowest BCUT2D eigenvalue weighted by molar-refractivity contribution is 0.394. The van der Waals surface area contributed by atoms with Gasteiger partial charge in [0.1, 0.15) is 22.1 Å². The maximum Gasteiger partial charge on any atom is 0.265 e. The molecule has 0 spiro atoms. The zero-order valence-electron chi connectivity index (χ0n) is 18.2. The van der Waals surface area contributed by atoms with Gasteiger partial charge >= 0.3 is 0 Å². The van der Waals surface area contributed by atoms with Crippen molar-refractivity contribution in [1.82, 2.24) is 0 Å². The van der Waals surface area contributed by atoms with E-state index in [0.29, 0.717) is 35.8 Å². The Hall–Kier alpha value is -3.43. The molecule has 0 aliphatic rings. The highest BCUT2D eigenvalue weighted by molar-refractivity contribution is 7.92. The smallest absolute Gasteiger partial charge is 0.265 e. The molecule has 3 aromatic rings. The summed E-state index contributed by atoms with van der Waals surface area (Å²) in [6, 6.07) is 17.3. The SMILES string of the molecule is COc1cc(OC)cc(-c2ccc(OC)c(S(=O)(=O)Nc3cccc(NCCN)c3)c2)c1. The highest BCUT2D eigenvalue weighted by Crippen LogP contribution is 2.34. The summed E-state index contributed by atoms with van der Waals surface area (Å²) in [5.74, 6) is 1.42. The van der Waals surface area contributed by atoms with Gasteiger partial charge in [0.15, 0.2) is 0 Å². The first-order chi connectivity index (χ1) is 15.4. The van der Waals surface area contributed by atoms with E-state index < -0.39 is 10.0 Å². The number of methoxy groups -OCH3 is 3. The molecular formula is C23H27N3O5S. The van der Waals surface area contributed by atoms with Crippen LogP contribution >= 0.6 is 0 Å². The van der Waals surface area contributed by atoms with Gasteiger partial charge in [-0.1, -0.05) is 12.1 Å². The second-order valence-electron chi connectivity index (χ2n) is 6.87. The topological polar surface area (TPSA) is 112 Å². The Kier molecular flexibility index (Phi) is 7.45. The Bertz CT molecular complexity index is 1160. The zero-order chi connectivity index (χ0) is 23.1. The maximum absolute atomic E-state index is 13.3. The van der Waals surface area contributed by atoms with Crippen molar-refractivity contribution in [1.29, 1.82) is 0 Å². The summed E-state index contributed by atoms with van der Waals surface area (Å²) in [5, 5.41) is 3.13. The van der Waals surface area contributed by atoms with Crippen molar-refractivity contribution in [2.45, 2.75) is 4.90 Å². The zero-order valence-corrected chi connectivity index (χ0v) is 19.0. The molecule has 0 amide bonds. The number of hydrogen-bond donors (Lipinski definition) is 3. The molecule has 170 valence electrons. The van der Waals surface area contributed by atoms with Crippen molar-refractivity contribution >= 4 is 21.4 Å². The number of sulfonamides is 1. The Morgan fingerprint density at radius 3 is 2.12 bits per heavy atom. The lowest BCUT2D eigenvalue weighted by Crippen LogP contribution is -2.15. The molecule has 3 rings (SSSR count). The van der Waals surface area contributed by atoms with Crippen molar-refractivity contribution < 1.29 is 22.6 Å². The molecule has 0 atom stereocenters. The van der Waals surface area contributed by atoms with Crippen LogP contribution in [0.2, 0.25) is 0 Å². The number of nitrogens with one attached hydrogen (secondary N) is 2. The minimum Gasteiger partial charge on any atom is -0.497 e. The van der Waals surface area contributed by atoms with Gasteiger partial charge in [-0.25, -0.2) is 8.42 Å². The summed E-state index contributed by atoms with van der Waals surface area (Å²) >= 11 is 0. The third kappa shape index (κ3) is 5.43. The molecular weight excluding hydrogens is 430 g/mol. The molecule has 0 fully saturated rings. The van der Waals surface area contributed by atoms with Crippen molar-refractivity contribution in [3.63, 3.8) is 0 Å². The second-order valence-corrected chi connectivity index (χ2v) is 8.52. The number of ether oxygens (including phenoxy) is 3. The van der Waals surface area contributed by atoms with Gasteiger partial charge in [-0.15, -0.1) is 0 Å². The molecule has 8 nitrogen and oxygen atoms in total. The predicted molar refractivity (Wildman–Crippen MR) is 126 cm³/mol. The number of benzene rings is 3. The van der Waals surface area contributed by atoms with Gasteiger partial charge in [0.25, 0.3) is 10.0 Å². The van der Waals surface area contributed by atoms with E-state index in [-0.39, 0.29) is 10.6 Å². The summed E-state index contributed by atoms with van der Waals surface area (Å²) in [6.45, 7) is 1.05. The van der Waals surface area contributed by atoms with Gasteiger partial charge in [0, 0.05) is 24.8 Å². The van der Waals surface area contributed by atoms with E-state index in [4.69, 9.17) is 19.9 Å². The minimum atomic E-state index is -3.95. The van der Waals surface area contributed by atoms with Gasteiger partial charge < -0.3 is 25.3 Å². The van der Waals surface area contributed by atoms with Crippen LogP contribution in [0.1, 0.15) is 0 Å². The molecule has 0 radical (unpaired) electrons. The molecule has 0 heterocycles. The number of anilines is 2. The number of nitrogens with two attached hydrogens (primary N) is 1. The number of hydrogen-bond acceptors (Lipinski definition) is 7. The Morgan fingerprint density at radius 2 is 1.50 bits per heavy atom. The standard InChI is InChI=1S/C23H27N3O5S/c1-29-20-11-17(12-21(15-20)30-2)16-7-8-22(31-3)23(13-16)32(27,28)26-19-6-4-5-18(14-19)25-10-9-24/h4-8,11-15,25-26H,9-10,24H2,1-3H3. The lowest BCUT2D eigenvalue weighted by atomic mass is 10.0. The molecule has 0 saturated heterocycles. The van der Waals surface area contributed by atoms with Gasteiger partial charge in [-0.05, 0) is 53.6 Å². The first kappa shape index (κ1) is 23.2. The quantitative estimate of drug-likeness (QED) is 0.427. The second kappa shape index (κ2) is 10.3. The van der Waals surface area contributed by atoms with E-state index in [1.54, 1.807) is 68.8 Å². The molecule has 32 heavy (non-hydrogen) atoms. The van der Waals surface area contributed by atoms with Gasteiger partial charge in [-0.3, -0.25) is 4.72 Å². The van der Waals surface area contributed by atoms with Crippen molar-refractivity contribution in [3.8, 4) is 28.4 Å². The average molecular weight is 458 g/mol. The van der Waals surface area contributed by atoms with E-state index in [2.05, 4.69) is 10.0 Å². The average Bonchev–Trinajstić information content (AvgIpc) is 2.81. The molecule has 0 unspecified atom stereocenters. The van der Waals surface area contributed by atoms with Crippen LogP contribution in [0.3, 0.4) is 0 Å². The first-order valence-corrected chi connectivity index (χ1v) is 11.4. The molecule has 0 aliphatic heterocycles. The van der Waals surface area contributed by atoms with Crippen molar-refractivity contribution in [3.05, 3.63) is 60.7 Å². The van der Waals surface area contributed by atoms with Crippen LogP contribution in [0.15, 0.2) is 65.6 Å². The normalized spacial score (nSPS) is 11.0. The van der Waals surface area contributed by atoms with E-state index in [9.17, 15) is 8.42 Å². The molecule has 0 aliphatic carbocycles. The van der Waals surface area contributed by atoms with Crippen LogP contribution in [0.4, 0.5) is 11.4 Å². The molecule has 0 aromatic heterocycles. The molecule has 0 bridgehead atoms. The highest BCUT2D eigenvalue weighted by atomic mass is 32.2. The Labute approximate surface area is 188 Å². The third-order valence-corrected chi connectivity index (χ3v) is 6.13. The Morgan fingerprint density at radius 1 is 0.812 bits per heavy atom. The van der Waals surface area contributed by atoms with E-state index in [0.717, 1.165) is 11.3 Å². The predicted octanol–water partition coefficient (Wildman–Crippen LogP) is 3.55. The summed E-state index contributed by atoms with van der Waals surface area (Å²) in [7, 11) is 0.602. The summed E-state index contributed by atoms with van der Waals surface area (Å²) < 4.78 is 45.1. The maximum atomic E-state index is 13.3. The molecule has 0 saturated carbocycles. The highest BCUT2D eigenvalue weighted by Gasteiger charge is 2.21.